The molecule has 0 radical (unpaired) electrons. The highest BCUT2D eigenvalue weighted by Gasteiger charge is 2.28. The first-order chi connectivity index (χ1) is 8.60. The van der Waals surface area contributed by atoms with Crippen LogP contribution in [0.2, 0.25) is 0 Å². The van der Waals surface area contributed by atoms with Gasteiger partial charge in [-0.15, -0.1) is 0 Å². The fraction of sp³-hybridized carbons (Fsp3) is 1.00. The summed E-state index contributed by atoms with van der Waals surface area (Å²) in [6.07, 6.45) is 6.94. The molecule has 1 heterocycles. The zero-order valence-corrected chi connectivity index (χ0v) is 12.7. The molecule has 0 spiro atoms. The Morgan fingerprint density at radius 1 is 0.944 bits per heavy atom. The van der Waals surface area contributed by atoms with Gasteiger partial charge in [0.25, 0.3) is 0 Å². The monoisotopic (exact) mass is 255 g/mol. The summed E-state index contributed by atoms with van der Waals surface area (Å²) < 4.78 is 0. The molecule has 0 amide bonds. The lowest BCUT2D eigenvalue weighted by Gasteiger charge is -2.43. The zero-order chi connectivity index (χ0) is 13.4. The standard InChI is InChI=1S/C15H33N3/c1-4-5-6-7-8-9-17-10-12-18(13-11-17)15(2,3)14-16/h4-14,16H2,1-3H3. The summed E-state index contributed by atoms with van der Waals surface area (Å²) in [7, 11) is 0. The molecule has 0 aromatic heterocycles. The first kappa shape index (κ1) is 15.9. The lowest BCUT2D eigenvalue weighted by atomic mass is 10.0. The first-order valence-corrected chi connectivity index (χ1v) is 7.77. The SMILES string of the molecule is CCCCCCCN1CCN(C(C)(C)CN)CC1. The maximum absolute atomic E-state index is 5.84. The van der Waals surface area contributed by atoms with Crippen LogP contribution in [0, 0.1) is 0 Å². The molecule has 0 unspecified atom stereocenters. The largest absolute Gasteiger partial charge is 0.329 e. The average molecular weight is 255 g/mol. The van der Waals surface area contributed by atoms with E-state index in [1.54, 1.807) is 0 Å². The fourth-order valence-corrected chi connectivity index (χ4v) is 2.64. The van der Waals surface area contributed by atoms with E-state index in [9.17, 15) is 0 Å². The van der Waals surface area contributed by atoms with Crippen LogP contribution in [-0.2, 0) is 0 Å². The van der Waals surface area contributed by atoms with Gasteiger partial charge < -0.3 is 10.6 Å². The summed E-state index contributed by atoms with van der Waals surface area (Å²) in [5.41, 5.74) is 6.02. The van der Waals surface area contributed by atoms with Crippen LogP contribution in [0.4, 0.5) is 0 Å². The van der Waals surface area contributed by atoms with Crippen LogP contribution >= 0.6 is 0 Å². The molecule has 1 rings (SSSR count). The molecule has 0 atom stereocenters. The van der Waals surface area contributed by atoms with Crippen LogP contribution in [0.25, 0.3) is 0 Å². The van der Waals surface area contributed by atoms with Crippen molar-refractivity contribution >= 4 is 0 Å². The molecule has 0 saturated carbocycles. The molecule has 18 heavy (non-hydrogen) atoms. The normalized spacial score (nSPS) is 19.3. The first-order valence-electron chi connectivity index (χ1n) is 7.77. The number of hydrogen-bond acceptors (Lipinski definition) is 3. The summed E-state index contributed by atoms with van der Waals surface area (Å²) in [5, 5.41) is 0. The molecule has 3 nitrogen and oxygen atoms in total. The van der Waals surface area contributed by atoms with Gasteiger partial charge in [0.1, 0.15) is 0 Å². The van der Waals surface area contributed by atoms with Gasteiger partial charge in [-0.3, -0.25) is 4.90 Å². The third kappa shape index (κ3) is 5.25. The van der Waals surface area contributed by atoms with E-state index in [2.05, 4.69) is 30.6 Å². The third-order valence-electron chi connectivity index (χ3n) is 4.31. The molecule has 108 valence electrons. The van der Waals surface area contributed by atoms with E-state index in [1.165, 1.54) is 64.8 Å². The number of nitrogens with two attached hydrogens (primary N) is 1. The van der Waals surface area contributed by atoms with Crippen LogP contribution in [-0.4, -0.2) is 54.6 Å². The van der Waals surface area contributed by atoms with Gasteiger partial charge >= 0.3 is 0 Å². The Morgan fingerprint density at radius 2 is 1.56 bits per heavy atom. The number of hydrogen-bond donors (Lipinski definition) is 1. The van der Waals surface area contributed by atoms with Crippen LogP contribution in [0.15, 0.2) is 0 Å². The van der Waals surface area contributed by atoms with E-state index in [0.717, 1.165) is 6.54 Å². The Bertz CT molecular complexity index is 208. The Morgan fingerprint density at radius 3 is 2.11 bits per heavy atom. The lowest BCUT2D eigenvalue weighted by molar-refractivity contribution is 0.0562. The zero-order valence-electron chi connectivity index (χ0n) is 12.7. The smallest absolute Gasteiger partial charge is 0.0276 e. The molecule has 0 aromatic rings. The molecule has 1 aliphatic rings. The molecular formula is C15H33N3. The third-order valence-corrected chi connectivity index (χ3v) is 4.31. The van der Waals surface area contributed by atoms with Crippen molar-refractivity contribution in [3.8, 4) is 0 Å². The Hall–Kier alpha value is -0.120. The average Bonchev–Trinajstić information content (AvgIpc) is 2.39. The highest BCUT2D eigenvalue weighted by Crippen LogP contribution is 2.16. The number of rotatable bonds is 8. The van der Waals surface area contributed by atoms with E-state index < -0.39 is 0 Å². The molecule has 0 aliphatic carbocycles. The minimum Gasteiger partial charge on any atom is -0.329 e. The van der Waals surface area contributed by atoms with Crippen molar-refractivity contribution in [3.05, 3.63) is 0 Å². The van der Waals surface area contributed by atoms with Gasteiger partial charge in [-0.2, -0.15) is 0 Å². The van der Waals surface area contributed by atoms with E-state index >= 15 is 0 Å². The number of unbranched alkanes of at least 4 members (excludes halogenated alkanes) is 4. The molecule has 2 N–H and O–H groups in total. The van der Waals surface area contributed by atoms with E-state index in [1.807, 2.05) is 0 Å². The van der Waals surface area contributed by atoms with Gasteiger partial charge in [0.15, 0.2) is 0 Å². The van der Waals surface area contributed by atoms with Gasteiger partial charge in [-0.1, -0.05) is 32.6 Å². The van der Waals surface area contributed by atoms with E-state index in [4.69, 9.17) is 5.73 Å². The Kier molecular flexibility index (Phi) is 7.20. The second-order valence-electron chi connectivity index (χ2n) is 6.26. The second-order valence-corrected chi connectivity index (χ2v) is 6.26. The van der Waals surface area contributed by atoms with Crippen molar-refractivity contribution in [1.29, 1.82) is 0 Å². The maximum Gasteiger partial charge on any atom is 0.0276 e. The van der Waals surface area contributed by atoms with E-state index in [-0.39, 0.29) is 5.54 Å². The summed E-state index contributed by atoms with van der Waals surface area (Å²) in [6.45, 7) is 13.6. The lowest BCUT2D eigenvalue weighted by Crippen LogP contribution is -2.57. The molecule has 0 bridgehead atoms. The quantitative estimate of drug-likeness (QED) is 0.676. The van der Waals surface area contributed by atoms with E-state index in [0.29, 0.717) is 0 Å². The van der Waals surface area contributed by atoms with Crippen molar-refractivity contribution < 1.29 is 0 Å². The van der Waals surface area contributed by atoms with Crippen LogP contribution in [0.1, 0.15) is 52.9 Å². The molecule has 0 aromatic carbocycles. The van der Waals surface area contributed by atoms with Crippen molar-refractivity contribution in [1.82, 2.24) is 9.80 Å². The maximum atomic E-state index is 5.84. The highest BCUT2D eigenvalue weighted by molar-refractivity contribution is 4.86. The second kappa shape index (κ2) is 8.13. The van der Waals surface area contributed by atoms with Gasteiger partial charge in [0, 0.05) is 38.3 Å². The topological polar surface area (TPSA) is 32.5 Å². The minimum absolute atomic E-state index is 0.174. The van der Waals surface area contributed by atoms with Gasteiger partial charge in [0.2, 0.25) is 0 Å². The molecular weight excluding hydrogens is 222 g/mol. The van der Waals surface area contributed by atoms with Gasteiger partial charge in [0.05, 0.1) is 0 Å². The molecule has 3 heteroatoms. The summed E-state index contributed by atoms with van der Waals surface area (Å²) in [5.74, 6) is 0. The summed E-state index contributed by atoms with van der Waals surface area (Å²) in [6, 6.07) is 0. The molecule has 1 saturated heterocycles. The number of piperazine rings is 1. The highest BCUT2D eigenvalue weighted by atomic mass is 15.3. The van der Waals surface area contributed by atoms with Crippen LogP contribution < -0.4 is 5.73 Å². The van der Waals surface area contributed by atoms with Crippen molar-refractivity contribution in [3.63, 3.8) is 0 Å². The Balaban J connectivity index is 2.12. The van der Waals surface area contributed by atoms with Crippen molar-refractivity contribution in [2.75, 3.05) is 39.3 Å². The van der Waals surface area contributed by atoms with Crippen molar-refractivity contribution in [2.45, 2.75) is 58.4 Å². The van der Waals surface area contributed by atoms with Crippen LogP contribution in [0.3, 0.4) is 0 Å². The van der Waals surface area contributed by atoms with Gasteiger partial charge in [-0.25, -0.2) is 0 Å². The molecule has 1 fully saturated rings. The predicted octanol–water partition coefficient (Wildman–Crippen LogP) is 2.31. The molecule has 1 aliphatic heterocycles. The summed E-state index contributed by atoms with van der Waals surface area (Å²) in [4.78, 5) is 5.16. The number of nitrogens with zero attached hydrogens (tertiary/aromatic N) is 2. The predicted molar refractivity (Wildman–Crippen MR) is 79.9 cm³/mol. The van der Waals surface area contributed by atoms with Crippen molar-refractivity contribution in [2.24, 2.45) is 5.73 Å². The Labute approximate surface area is 114 Å². The van der Waals surface area contributed by atoms with Crippen LogP contribution in [0.5, 0.6) is 0 Å². The minimum atomic E-state index is 0.174. The summed E-state index contributed by atoms with van der Waals surface area (Å²) >= 11 is 0. The fourth-order valence-electron chi connectivity index (χ4n) is 2.64. The van der Waals surface area contributed by atoms with Gasteiger partial charge in [-0.05, 0) is 26.8 Å².